The van der Waals surface area contributed by atoms with Gasteiger partial charge in [-0.25, -0.2) is 4.79 Å². The minimum atomic E-state index is -0.989. The van der Waals surface area contributed by atoms with Crippen molar-refractivity contribution in [1.29, 1.82) is 0 Å². The first-order valence-electron chi connectivity index (χ1n) is 5.26. The molecule has 17 heavy (non-hydrogen) atoms. The number of benzene rings is 1. The van der Waals surface area contributed by atoms with Gasteiger partial charge in [0.15, 0.2) is 0 Å². The predicted octanol–water partition coefficient (Wildman–Crippen LogP) is 0.980. The normalized spacial score (nSPS) is 13.8. The number of thiocarbonyl (C=S) groups is 1. The lowest BCUT2D eigenvalue weighted by Crippen LogP contribution is -2.45. The summed E-state index contributed by atoms with van der Waals surface area (Å²) in [4.78, 5) is 11.2. The van der Waals surface area contributed by atoms with Crippen molar-refractivity contribution in [2.75, 3.05) is 0 Å². The topological polar surface area (TPSA) is 69.6 Å². The van der Waals surface area contributed by atoms with Gasteiger partial charge in [-0.2, -0.15) is 0 Å². The van der Waals surface area contributed by atoms with E-state index in [0.717, 1.165) is 5.56 Å². The molecule has 0 unspecified atom stereocenters. The Balaban J connectivity index is 2.68. The third kappa shape index (κ3) is 4.50. The van der Waals surface area contributed by atoms with Gasteiger partial charge in [-0.15, -0.1) is 0 Å². The van der Waals surface area contributed by atoms with Crippen LogP contribution < -0.4 is 5.32 Å². The molecule has 0 aliphatic rings. The maximum absolute atomic E-state index is 11.1. The molecule has 0 aromatic heterocycles. The van der Waals surface area contributed by atoms with Gasteiger partial charge in [-0.05, 0) is 12.5 Å². The third-order valence-electron chi connectivity index (χ3n) is 2.28. The van der Waals surface area contributed by atoms with Gasteiger partial charge in [-0.3, -0.25) is 0 Å². The molecule has 0 radical (unpaired) electrons. The molecule has 0 aliphatic carbocycles. The maximum Gasteiger partial charge on any atom is 0.326 e. The Morgan fingerprint density at radius 3 is 2.47 bits per heavy atom. The zero-order valence-corrected chi connectivity index (χ0v) is 10.3. The number of nitrogens with one attached hydrogen (secondary N) is 1. The molecular formula is C12H15NO3S. The van der Waals surface area contributed by atoms with Crippen LogP contribution in [0.3, 0.4) is 0 Å². The Bertz CT molecular complexity index is 392. The van der Waals surface area contributed by atoms with Crippen LogP contribution in [0.2, 0.25) is 0 Å². The van der Waals surface area contributed by atoms with Gasteiger partial charge in [0.05, 0.1) is 0 Å². The molecule has 2 atom stereocenters. The van der Waals surface area contributed by atoms with Crippen LogP contribution in [0.4, 0.5) is 0 Å². The summed E-state index contributed by atoms with van der Waals surface area (Å²) in [5.74, 6) is -0.989. The SMILES string of the molecule is C[C@H](O)C(=S)N[C@@H](Cc1ccccc1)C(=O)O. The van der Waals surface area contributed by atoms with Crippen LogP contribution in [0, 0.1) is 0 Å². The molecule has 1 rings (SSSR count). The van der Waals surface area contributed by atoms with Crippen molar-refractivity contribution in [3.63, 3.8) is 0 Å². The van der Waals surface area contributed by atoms with Gasteiger partial charge in [-0.1, -0.05) is 42.5 Å². The van der Waals surface area contributed by atoms with E-state index < -0.39 is 18.1 Å². The van der Waals surface area contributed by atoms with E-state index in [-0.39, 0.29) is 4.99 Å². The van der Waals surface area contributed by atoms with Gasteiger partial charge >= 0.3 is 5.97 Å². The summed E-state index contributed by atoms with van der Waals surface area (Å²) in [5, 5.41) is 20.9. The second-order valence-electron chi connectivity index (χ2n) is 3.77. The largest absolute Gasteiger partial charge is 0.480 e. The number of aliphatic hydroxyl groups is 1. The summed E-state index contributed by atoms with van der Waals surface area (Å²) in [5.41, 5.74) is 0.904. The lowest BCUT2D eigenvalue weighted by molar-refractivity contribution is -0.139. The Morgan fingerprint density at radius 1 is 1.41 bits per heavy atom. The Morgan fingerprint density at radius 2 is 2.00 bits per heavy atom. The minimum absolute atomic E-state index is 0.147. The van der Waals surface area contributed by atoms with Crippen molar-refractivity contribution in [2.24, 2.45) is 0 Å². The molecular weight excluding hydrogens is 238 g/mol. The van der Waals surface area contributed by atoms with Crippen molar-refractivity contribution >= 4 is 23.2 Å². The van der Waals surface area contributed by atoms with Gasteiger partial charge < -0.3 is 15.5 Å². The molecule has 1 aromatic rings. The molecule has 0 amide bonds. The van der Waals surface area contributed by atoms with E-state index in [0.29, 0.717) is 6.42 Å². The number of hydrogen-bond acceptors (Lipinski definition) is 3. The molecule has 0 bridgehead atoms. The molecule has 0 heterocycles. The summed E-state index contributed by atoms with van der Waals surface area (Å²) in [6.45, 7) is 1.50. The molecule has 0 saturated heterocycles. The fourth-order valence-corrected chi connectivity index (χ4v) is 1.48. The van der Waals surface area contributed by atoms with Crippen molar-refractivity contribution in [3.8, 4) is 0 Å². The number of aliphatic hydroxyl groups excluding tert-OH is 1. The number of hydrogen-bond donors (Lipinski definition) is 3. The van der Waals surface area contributed by atoms with Crippen molar-refractivity contribution in [3.05, 3.63) is 35.9 Å². The lowest BCUT2D eigenvalue weighted by Gasteiger charge is -2.17. The number of carbonyl (C=O) groups is 1. The molecule has 0 saturated carbocycles. The average Bonchev–Trinajstić information content (AvgIpc) is 2.29. The number of carboxylic acids is 1. The van der Waals surface area contributed by atoms with Crippen LogP contribution in [0.1, 0.15) is 12.5 Å². The maximum atomic E-state index is 11.1. The molecule has 4 nitrogen and oxygen atoms in total. The van der Waals surface area contributed by atoms with Crippen LogP contribution in [-0.4, -0.2) is 33.3 Å². The first-order valence-corrected chi connectivity index (χ1v) is 5.66. The number of carboxylic acid groups (broad SMARTS) is 1. The van der Waals surface area contributed by atoms with Gasteiger partial charge in [0.25, 0.3) is 0 Å². The van der Waals surface area contributed by atoms with E-state index in [1.54, 1.807) is 0 Å². The Labute approximate surface area is 105 Å². The fourth-order valence-electron chi connectivity index (χ4n) is 1.34. The highest BCUT2D eigenvalue weighted by atomic mass is 32.1. The summed E-state index contributed by atoms with van der Waals surface area (Å²) >= 11 is 4.87. The van der Waals surface area contributed by atoms with E-state index in [4.69, 9.17) is 17.3 Å². The minimum Gasteiger partial charge on any atom is -0.480 e. The molecule has 1 aromatic carbocycles. The monoisotopic (exact) mass is 253 g/mol. The quantitative estimate of drug-likeness (QED) is 0.682. The summed E-state index contributed by atoms with van der Waals surface area (Å²) < 4.78 is 0. The molecule has 0 fully saturated rings. The van der Waals surface area contributed by atoms with Crippen molar-refractivity contribution in [1.82, 2.24) is 5.32 Å². The summed E-state index contributed by atoms with van der Waals surface area (Å²) in [6, 6.07) is 8.45. The van der Waals surface area contributed by atoms with Crippen LogP contribution in [-0.2, 0) is 11.2 Å². The van der Waals surface area contributed by atoms with E-state index in [9.17, 15) is 9.90 Å². The first-order chi connectivity index (χ1) is 8.00. The molecule has 0 spiro atoms. The Hall–Kier alpha value is -1.46. The zero-order valence-electron chi connectivity index (χ0n) is 9.46. The third-order valence-corrected chi connectivity index (χ3v) is 2.74. The van der Waals surface area contributed by atoms with Crippen LogP contribution in [0.15, 0.2) is 30.3 Å². The lowest BCUT2D eigenvalue weighted by atomic mass is 10.1. The van der Waals surface area contributed by atoms with Crippen LogP contribution in [0.5, 0.6) is 0 Å². The van der Waals surface area contributed by atoms with Gasteiger partial charge in [0, 0.05) is 6.42 Å². The molecule has 92 valence electrons. The highest BCUT2D eigenvalue weighted by Crippen LogP contribution is 2.04. The number of aliphatic carboxylic acids is 1. The number of rotatable bonds is 5. The van der Waals surface area contributed by atoms with Crippen molar-refractivity contribution in [2.45, 2.75) is 25.5 Å². The van der Waals surface area contributed by atoms with Crippen molar-refractivity contribution < 1.29 is 15.0 Å². The predicted molar refractivity (Wildman–Crippen MR) is 69.0 cm³/mol. The van der Waals surface area contributed by atoms with E-state index in [1.165, 1.54) is 6.92 Å². The summed E-state index contributed by atoms with van der Waals surface area (Å²) in [6.07, 6.45) is -0.522. The van der Waals surface area contributed by atoms with E-state index in [2.05, 4.69) is 5.32 Å². The smallest absolute Gasteiger partial charge is 0.326 e. The Kier molecular flexibility index (Phi) is 5.06. The zero-order chi connectivity index (χ0) is 12.8. The highest BCUT2D eigenvalue weighted by molar-refractivity contribution is 7.80. The van der Waals surface area contributed by atoms with Crippen LogP contribution >= 0.6 is 12.2 Å². The average molecular weight is 253 g/mol. The van der Waals surface area contributed by atoms with Gasteiger partial charge in [0.1, 0.15) is 17.1 Å². The first kappa shape index (κ1) is 13.6. The fraction of sp³-hybridized carbons (Fsp3) is 0.333. The molecule has 3 N–H and O–H groups in total. The second kappa shape index (κ2) is 6.32. The molecule has 0 aliphatic heterocycles. The molecule has 5 heteroatoms. The standard InChI is InChI=1S/C12H15NO3S/c1-8(14)11(17)13-10(12(15)16)7-9-5-3-2-4-6-9/h2-6,8,10,14H,7H2,1H3,(H,13,17)(H,15,16)/t8-,10-/m0/s1. The summed E-state index contributed by atoms with van der Waals surface area (Å²) in [7, 11) is 0. The van der Waals surface area contributed by atoms with Gasteiger partial charge in [0.2, 0.25) is 0 Å². The van der Waals surface area contributed by atoms with E-state index in [1.807, 2.05) is 30.3 Å². The highest BCUT2D eigenvalue weighted by Gasteiger charge is 2.20. The van der Waals surface area contributed by atoms with Crippen LogP contribution in [0.25, 0.3) is 0 Å². The second-order valence-corrected chi connectivity index (χ2v) is 4.20. The van der Waals surface area contributed by atoms with E-state index >= 15 is 0 Å².